The predicted molar refractivity (Wildman–Crippen MR) is 29.6 cm³/mol. The van der Waals surface area contributed by atoms with Gasteiger partial charge >= 0.3 is 0 Å². The molecular weight excluding hydrogens is 106 g/mol. The van der Waals surface area contributed by atoms with Gasteiger partial charge in [0.05, 0.1) is 12.6 Å². The average molecular weight is 112 g/mol. The monoisotopic (exact) mass is 112 g/mol. The molecule has 1 N–H and O–H groups in total. The Hall–Kier alpha value is -0.990. The molecule has 0 aromatic heterocycles. The van der Waals surface area contributed by atoms with Crippen molar-refractivity contribution in [3.63, 3.8) is 0 Å². The molecule has 43 valence electrons. The van der Waals surface area contributed by atoms with Crippen molar-refractivity contribution < 1.29 is 5.11 Å². The van der Waals surface area contributed by atoms with Crippen LogP contribution in [0.1, 0.15) is 0 Å². The summed E-state index contributed by atoms with van der Waals surface area (Å²) < 4.78 is 0. The molecular formula is C4H6N3O. The summed E-state index contributed by atoms with van der Waals surface area (Å²) in [5, 5.41) is 11.5. The van der Waals surface area contributed by atoms with E-state index in [9.17, 15) is 0 Å². The highest BCUT2D eigenvalue weighted by atomic mass is 16.3. The second kappa shape index (κ2) is 4.18. The van der Waals surface area contributed by atoms with Gasteiger partial charge in [-0.15, -0.1) is 6.58 Å². The molecule has 0 bridgehead atoms. The van der Waals surface area contributed by atoms with E-state index in [1.807, 2.05) is 0 Å². The summed E-state index contributed by atoms with van der Waals surface area (Å²) in [6.45, 7) is 4.30. The zero-order valence-corrected chi connectivity index (χ0v) is 4.23. The van der Waals surface area contributed by atoms with Gasteiger partial charge in [-0.05, 0) is 5.53 Å². The van der Waals surface area contributed by atoms with Crippen molar-refractivity contribution in [2.45, 2.75) is 6.10 Å². The minimum atomic E-state index is -0.828. The molecule has 0 aliphatic carbocycles. The highest BCUT2D eigenvalue weighted by molar-refractivity contribution is 4.87. The van der Waals surface area contributed by atoms with Crippen molar-refractivity contribution >= 4 is 0 Å². The summed E-state index contributed by atoms with van der Waals surface area (Å²) >= 11 is 0. The van der Waals surface area contributed by atoms with Crippen molar-refractivity contribution in [2.75, 3.05) is 0 Å². The molecule has 0 aromatic carbocycles. The van der Waals surface area contributed by atoms with Crippen LogP contribution < -0.4 is 0 Å². The van der Waals surface area contributed by atoms with Gasteiger partial charge in [0.1, 0.15) is 0 Å². The maximum Gasteiger partial charge on any atom is 0.0808 e. The molecule has 4 heteroatoms. The van der Waals surface area contributed by atoms with Crippen LogP contribution in [0.3, 0.4) is 0 Å². The average Bonchev–Trinajstić information content (AvgIpc) is 1.83. The van der Waals surface area contributed by atoms with Gasteiger partial charge < -0.3 is 5.11 Å². The van der Waals surface area contributed by atoms with E-state index in [4.69, 9.17) is 10.6 Å². The fraction of sp³-hybridized carbons (Fsp3) is 0.250. The largest absolute Gasteiger partial charge is 0.389 e. The van der Waals surface area contributed by atoms with Crippen LogP contribution in [0, 0.1) is 6.54 Å². The Morgan fingerprint density at radius 1 is 1.88 bits per heavy atom. The van der Waals surface area contributed by atoms with Gasteiger partial charge in [0.25, 0.3) is 0 Å². The molecule has 0 aromatic rings. The normalized spacial score (nSPS) is 11.6. The lowest BCUT2D eigenvalue weighted by atomic mass is 10.4. The van der Waals surface area contributed by atoms with Crippen LogP contribution in [0.25, 0.3) is 10.4 Å². The molecule has 0 aliphatic rings. The van der Waals surface area contributed by atoms with E-state index in [1.165, 1.54) is 6.08 Å². The second-order valence-corrected chi connectivity index (χ2v) is 1.08. The zero-order chi connectivity index (χ0) is 6.41. The van der Waals surface area contributed by atoms with E-state index in [1.54, 1.807) is 0 Å². The van der Waals surface area contributed by atoms with Gasteiger partial charge in [0.2, 0.25) is 0 Å². The van der Waals surface area contributed by atoms with Crippen LogP contribution in [0.15, 0.2) is 17.8 Å². The van der Waals surface area contributed by atoms with Gasteiger partial charge in [-0.25, -0.2) is 0 Å². The topological polar surface area (TPSA) is 69.0 Å². The van der Waals surface area contributed by atoms with Gasteiger partial charge in [-0.3, -0.25) is 0 Å². The summed E-state index contributed by atoms with van der Waals surface area (Å²) in [5.41, 5.74) is 7.69. The SMILES string of the molecule is C=CC(O)[CH]N=[N+]=[N-]. The molecule has 0 spiro atoms. The summed E-state index contributed by atoms with van der Waals surface area (Å²) in [5.74, 6) is 0. The number of hydrogen-bond donors (Lipinski definition) is 1. The molecule has 0 saturated heterocycles. The number of aliphatic hydroxyl groups is 1. The Balaban J connectivity index is 3.38. The summed E-state index contributed by atoms with van der Waals surface area (Å²) in [6, 6.07) is 0. The number of aliphatic hydroxyl groups excluding tert-OH is 1. The van der Waals surface area contributed by atoms with Gasteiger partial charge in [0, 0.05) is 4.91 Å². The Labute approximate surface area is 47.1 Å². The van der Waals surface area contributed by atoms with Crippen molar-refractivity contribution in [3.05, 3.63) is 29.6 Å². The fourth-order valence-electron chi connectivity index (χ4n) is 0.159. The third-order valence-electron chi connectivity index (χ3n) is 0.513. The number of nitrogens with zero attached hydrogens (tertiary/aromatic N) is 3. The number of rotatable bonds is 3. The first kappa shape index (κ1) is 7.01. The molecule has 0 amide bonds. The lowest BCUT2D eigenvalue weighted by Crippen LogP contribution is -1.98. The smallest absolute Gasteiger partial charge is 0.0808 e. The molecule has 1 atom stereocenters. The molecule has 0 aliphatic heterocycles. The van der Waals surface area contributed by atoms with Gasteiger partial charge in [-0.2, -0.15) is 0 Å². The second-order valence-electron chi connectivity index (χ2n) is 1.08. The van der Waals surface area contributed by atoms with E-state index in [-0.39, 0.29) is 0 Å². The van der Waals surface area contributed by atoms with Crippen molar-refractivity contribution in [1.29, 1.82) is 0 Å². The minimum absolute atomic E-state index is 0.828. The Bertz CT molecular complexity index is 116. The van der Waals surface area contributed by atoms with Crippen LogP contribution in [0.2, 0.25) is 0 Å². The molecule has 0 rings (SSSR count). The van der Waals surface area contributed by atoms with E-state index < -0.39 is 6.10 Å². The molecule has 0 saturated carbocycles. The Morgan fingerprint density at radius 2 is 2.50 bits per heavy atom. The summed E-state index contributed by atoms with van der Waals surface area (Å²) in [4.78, 5) is 2.39. The summed E-state index contributed by atoms with van der Waals surface area (Å²) in [7, 11) is 0. The molecule has 1 unspecified atom stereocenters. The van der Waals surface area contributed by atoms with E-state index >= 15 is 0 Å². The van der Waals surface area contributed by atoms with Gasteiger partial charge in [-0.1, -0.05) is 11.2 Å². The lowest BCUT2D eigenvalue weighted by molar-refractivity contribution is 0.254. The van der Waals surface area contributed by atoms with Crippen LogP contribution in [0.4, 0.5) is 0 Å². The van der Waals surface area contributed by atoms with Crippen LogP contribution in [-0.2, 0) is 0 Å². The van der Waals surface area contributed by atoms with Gasteiger partial charge in [0.15, 0.2) is 0 Å². The van der Waals surface area contributed by atoms with E-state index in [0.29, 0.717) is 0 Å². The number of hydrogen-bond acceptors (Lipinski definition) is 2. The maximum atomic E-state index is 8.55. The first-order chi connectivity index (χ1) is 3.81. The van der Waals surface area contributed by atoms with Crippen molar-refractivity contribution in [2.24, 2.45) is 5.11 Å². The highest BCUT2D eigenvalue weighted by Crippen LogP contribution is 1.90. The predicted octanol–water partition coefficient (Wildman–Crippen LogP) is 1.01. The van der Waals surface area contributed by atoms with Crippen LogP contribution >= 0.6 is 0 Å². The van der Waals surface area contributed by atoms with Crippen LogP contribution in [0.5, 0.6) is 0 Å². The first-order valence-corrected chi connectivity index (χ1v) is 1.99. The highest BCUT2D eigenvalue weighted by Gasteiger charge is 1.91. The Kier molecular flexibility index (Phi) is 3.66. The Morgan fingerprint density at radius 3 is 2.88 bits per heavy atom. The lowest BCUT2D eigenvalue weighted by Gasteiger charge is -1.93. The minimum Gasteiger partial charge on any atom is -0.389 e. The zero-order valence-electron chi connectivity index (χ0n) is 4.23. The van der Waals surface area contributed by atoms with Crippen LogP contribution in [-0.4, -0.2) is 11.2 Å². The summed E-state index contributed by atoms with van der Waals surface area (Å²) in [6.07, 6.45) is 0.431. The molecule has 1 radical (unpaired) electrons. The standard InChI is InChI=1S/C4H6N3O/c1-2-4(8)3-6-7-5/h2-4,8H,1H2. The van der Waals surface area contributed by atoms with Crippen molar-refractivity contribution in [1.82, 2.24) is 0 Å². The molecule has 0 heterocycles. The number of azide groups is 1. The molecule has 0 fully saturated rings. The quantitative estimate of drug-likeness (QED) is 0.251. The molecule has 4 nitrogen and oxygen atoms in total. The third-order valence-corrected chi connectivity index (χ3v) is 0.513. The van der Waals surface area contributed by atoms with E-state index in [0.717, 1.165) is 6.54 Å². The van der Waals surface area contributed by atoms with E-state index in [2.05, 4.69) is 16.6 Å². The first-order valence-electron chi connectivity index (χ1n) is 1.99. The molecule has 8 heavy (non-hydrogen) atoms. The fourth-order valence-corrected chi connectivity index (χ4v) is 0.159. The third kappa shape index (κ3) is 3.21. The van der Waals surface area contributed by atoms with Crippen molar-refractivity contribution in [3.8, 4) is 0 Å². The maximum absolute atomic E-state index is 8.55.